The SMILES string of the molecule is Nc1nnc(SCc2csc(-c3cccs3)n2)s1. The maximum atomic E-state index is 5.54. The summed E-state index contributed by atoms with van der Waals surface area (Å²) in [7, 11) is 0. The van der Waals surface area contributed by atoms with Gasteiger partial charge in [0.25, 0.3) is 0 Å². The summed E-state index contributed by atoms with van der Waals surface area (Å²) < 4.78 is 0.887. The van der Waals surface area contributed by atoms with Gasteiger partial charge in [-0.25, -0.2) is 4.98 Å². The molecule has 0 saturated heterocycles. The maximum absolute atomic E-state index is 5.54. The summed E-state index contributed by atoms with van der Waals surface area (Å²) >= 11 is 6.41. The number of nitrogens with zero attached hydrogens (tertiary/aromatic N) is 3. The van der Waals surface area contributed by atoms with Crippen LogP contribution < -0.4 is 5.73 Å². The first-order valence-corrected chi connectivity index (χ1v) is 8.57. The second-order valence-electron chi connectivity index (χ2n) is 3.32. The smallest absolute Gasteiger partial charge is 0.203 e. The topological polar surface area (TPSA) is 64.7 Å². The maximum Gasteiger partial charge on any atom is 0.203 e. The van der Waals surface area contributed by atoms with Crippen LogP contribution in [0.2, 0.25) is 0 Å². The second-order valence-corrected chi connectivity index (χ2v) is 7.35. The number of hydrogen-bond acceptors (Lipinski definition) is 8. The quantitative estimate of drug-likeness (QED) is 0.746. The molecule has 0 aliphatic heterocycles. The first-order chi connectivity index (χ1) is 8.81. The van der Waals surface area contributed by atoms with Gasteiger partial charge in [-0.15, -0.1) is 32.9 Å². The lowest BCUT2D eigenvalue weighted by atomic mass is 10.5. The average molecular weight is 312 g/mol. The lowest BCUT2D eigenvalue weighted by molar-refractivity contribution is 1.02. The number of thiazole rings is 1. The minimum absolute atomic E-state index is 0.509. The van der Waals surface area contributed by atoms with Crippen molar-refractivity contribution < 1.29 is 0 Å². The first-order valence-electron chi connectivity index (χ1n) is 5.01. The molecule has 0 amide bonds. The highest BCUT2D eigenvalue weighted by Crippen LogP contribution is 2.31. The molecule has 0 aliphatic carbocycles. The van der Waals surface area contributed by atoms with Crippen molar-refractivity contribution >= 4 is 50.9 Å². The Balaban J connectivity index is 1.67. The van der Waals surface area contributed by atoms with E-state index in [2.05, 4.69) is 32.0 Å². The van der Waals surface area contributed by atoms with Crippen LogP contribution in [-0.2, 0) is 5.75 Å². The van der Waals surface area contributed by atoms with Crippen LogP contribution in [0.3, 0.4) is 0 Å². The van der Waals surface area contributed by atoms with E-state index in [4.69, 9.17) is 5.73 Å². The molecule has 0 saturated carbocycles. The largest absolute Gasteiger partial charge is 0.374 e. The Labute approximate surface area is 120 Å². The molecule has 0 spiro atoms. The third-order valence-electron chi connectivity index (χ3n) is 2.05. The highest BCUT2D eigenvalue weighted by Gasteiger charge is 2.07. The van der Waals surface area contributed by atoms with Crippen LogP contribution in [0.15, 0.2) is 27.2 Å². The van der Waals surface area contributed by atoms with Crippen LogP contribution in [0.5, 0.6) is 0 Å². The highest BCUT2D eigenvalue weighted by atomic mass is 32.2. The number of thiophene rings is 1. The Kier molecular flexibility index (Phi) is 3.59. The Morgan fingerprint density at radius 1 is 1.28 bits per heavy atom. The molecular formula is C10H8N4S4. The standard InChI is InChI=1S/C10H8N4S4/c11-9-13-14-10(18-9)17-5-6-4-16-8(12-6)7-2-1-3-15-7/h1-4H,5H2,(H2,11,13). The van der Waals surface area contributed by atoms with E-state index in [0.29, 0.717) is 5.13 Å². The summed E-state index contributed by atoms with van der Waals surface area (Å²) in [5.41, 5.74) is 6.61. The summed E-state index contributed by atoms with van der Waals surface area (Å²) in [6, 6.07) is 4.13. The van der Waals surface area contributed by atoms with E-state index in [0.717, 1.165) is 20.8 Å². The van der Waals surface area contributed by atoms with Crippen molar-refractivity contribution in [3.05, 3.63) is 28.6 Å². The number of anilines is 1. The molecule has 3 rings (SSSR count). The number of aromatic nitrogens is 3. The zero-order chi connectivity index (χ0) is 12.4. The Bertz CT molecular complexity index is 628. The van der Waals surface area contributed by atoms with Gasteiger partial charge in [0.2, 0.25) is 5.13 Å². The zero-order valence-corrected chi connectivity index (χ0v) is 12.3. The molecule has 3 aromatic rings. The van der Waals surface area contributed by atoms with Gasteiger partial charge in [0, 0.05) is 11.1 Å². The lowest BCUT2D eigenvalue weighted by Crippen LogP contribution is -1.81. The molecule has 0 bridgehead atoms. The van der Waals surface area contributed by atoms with Crippen LogP contribution in [0.25, 0.3) is 9.88 Å². The minimum Gasteiger partial charge on any atom is -0.374 e. The summed E-state index contributed by atoms with van der Waals surface area (Å²) in [5.74, 6) is 0.802. The van der Waals surface area contributed by atoms with Crippen molar-refractivity contribution in [1.82, 2.24) is 15.2 Å². The molecular weight excluding hydrogens is 304 g/mol. The summed E-state index contributed by atoms with van der Waals surface area (Å²) in [6.07, 6.45) is 0. The van der Waals surface area contributed by atoms with Crippen molar-refractivity contribution in [2.75, 3.05) is 5.73 Å². The van der Waals surface area contributed by atoms with Gasteiger partial charge in [-0.2, -0.15) is 0 Å². The van der Waals surface area contributed by atoms with Crippen molar-refractivity contribution in [2.45, 2.75) is 10.1 Å². The van der Waals surface area contributed by atoms with Gasteiger partial charge in [0.15, 0.2) is 4.34 Å². The first kappa shape index (κ1) is 12.1. The van der Waals surface area contributed by atoms with Gasteiger partial charge in [0.05, 0.1) is 10.6 Å². The van der Waals surface area contributed by atoms with Gasteiger partial charge in [-0.3, -0.25) is 0 Å². The number of hydrogen-bond donors (Lipinski definition) is 1. The predicted octanol–water partition coefficient (Wildman–Crippen LogP) is 3.60. The fraction of sp³-hybridized carbons (Fsp3) is 0.100. The van der Waals surface area contributed by atoms with E-state index >= 15 is 0 Å². The molecule has 4 nitrogen and oxygen atoms in total. The molecule has 92 valence electrons. The summed E-state index contributed by atoms with van der Waals surface area (Å²) in [5, 5.41) is 13.5. The fourth-order valence-electron chi connectivity index (χ4n) is 1.30. The summed E-state index contributed by atoms with van der Waals surface area (Å²) in [6.45, 7) is 0. The molecule has 0 atom stereocenters. The number of rotatable bonds is 4. The van der Waals surface area contributed by atoms with Gasteiger partial charge >= 0.3 is 0 Å². The van der Waals surface area contributed by atoms with Gasteiger partial charge in [-0.05, 0) is 11.4 Å². The average Bonchev–Trinajstić information content (AvgIpc) is 3.07. The van der Waals surface area contributed by atoms with Crippen LogP contribution in [0.4, 0.5) is 5.13 Å². The lowest BCUT2D eigenvalue weighted by Gasteiger charge is -1.92. The van der Waals surface area contributed by atoms with E-state index < -0.39 is 0 Å². The molecule has 0 aliphatic rings. The zero-order valence-electron chi connectivity index (χ0n) is 9.07. The van der Waals surface area contributed by atoms with E-state index in [1.165, 1.54) is 16.2 Å². The van der Waals surface area contributed by atoms with Crippen molar-refractivity contribution in [1.29, 1.82) is 0 Å². The molecule has 2 N–H and O–H groups in total. The molecule has 0 aromatic carbocycles. The fourth-order valence-corrected chi connectivity index (χ4v) is 4.57. The Hall–Kier alpha value is -0.960. The van der Waals surface area contributed by atoms with Gasteiger partial charge < -0.3 is 5.73 Å². The van der Waals surface area contributed by atoms with Gasteiger partial charge in [0.1, 0.15) is 5.01 Å². The molecule has 0 unspecified atom stereocenters. The van der Waals surface area contributed by atoms with Crippen LogP contribution in [-0.4, -0.2) is 15.2 Å². The third kappa shape index (κ3) is 2.72. The molecule has 0 radical (unpaired) electrons. The Morgan fingerprint density at radius 3 is 2.94 bits per heavy atom. The number of nitrogen functional groups attached to an aromatic ring is 1. The van der Waals surface area contributed by atoms with E-state index in [1.807, 2.05) is 6.07 Å². The van der Waals surface area contributed by atoms with E-state index in [1.54, 1.807) is 34.4 Å². The molecule has 3 aromatic heterocycles. The minimum atomic E-state index is 0.509. The normalized spacial score (nSPS) is 10.9. The monoisotopic (exact) mass is 312 g/mol. The molecule has 0 fully saturated rings. The molecule has 8 heteroatoms. The molecule has 18 heavy (non-hydrogen) atoms. The highest BCUT2D eigenvalue weighted by molar-refractivity contribution is 8.00. The van der Waals surface area contributed by atoms with Crippen LogP contribution in [0.1, 0.15) is 5.69 Å². The van der Waals surface area contributed by atoms with Gasteiger partial charge in [-0.1, -0.05) is 29.2 Å². The van der Waals surface area contributed by atoms with E-state index in [9.17, 15) is 0 Å². The third-order valence-corrected chi connectivity index (χ3v) is 5.90. The van der Waals surface area contributed by atoms with Crippen molar-refractivity contribution in [2.24, 2.45) is 0 Å². The van der Waals surface area contributed by atoms with Crippen molar-refractivity contribution in [3.8, 4) is 9.88 Å². The second kappa shape index (κ2) is 5.35. The number of nitrogens with two attached hydrogens (primary N) is 1. The van der Waals surface area contributed by atoms with Crippen molar-refractivity contribution in [3.63, 3.8) is 0 Å². The van der Waals surface area contributed by atoms with E-state index in [-0.39, 0.29) is 0 Å². The Morgan fingerprint density at radius 2 is 2.22 bits per heavy atom. The van der Waals surface area contributed by atoms with Crippen LogP contribution >= 0.6 is 45.8 Å². The van der Waals surface area contributed by atoms with Crippen LogP contribution in [0, 0.1) is 0 Å². The summed E-state index contributed by atoms with van der Waals surface area (Å²) in [4.78, 5) is 5.83. The number of thioether (sulfide) groups is 1. The molecule has 3 heterocycles. The predicted molar refractivity (Wildman–Crippen MR) is 79.3 cm³/mol.